The van der Waals surface area contributed by atoms with Crippen molar-refractivity contribution < 1.29 is 29.0 Å². The van der Waals surface area contributed by atoms with Gasteiger partial charge in [0.15, 0.2) is 0 Å². The maximum absolute atomic E-state index is 12.3. The molecular weight excluding hydrogens is 515 g/mol. The molecule has 31 heavy (non-hydrogen) atoms. The van der Waals surface area contributed by atoms with Crippen molar-refractivity contribution in [2.75, 3.05) is 13.7 Å². The first-order chi connectivity index (χ1) is 14.9. The Morgan fingerprint density at radius 3 is 2.42 bits per heavy atom. The van der Waals surface area contributed by atoms with E-state index in [0.717, 1.165) is 14.7 Å². The predicted molar refractivity (Wildman–Crippen MR) is 122 cm³/mol. The number of alkyl carbamates (subject to hydrolysis) is 1. The van der Waals surface area contributed by atoms with E-state index in [4.69, 9.17) is 9.47 Å². The third kappa shape index (κ3) is 8.93. The molecule has 2 aromatic rings. The number of aliphatic hydroxyl groups is 1. The number of hydrogen-bond acceptors (Lipinski definition) is 6. The molecule has 8 nitrogen and oxygen atoms in total. The van der Waals surface area contributed by atoms with Gasteiger partial charge in [0.05, 0.1) is 19.6 Å². The summed E-state index contributed by atoms with van der Waals surface area (Å²) in [5.74, 6) is -1.11. The van der Waals surface area contributed by atoms with Crippen LogP contribution in [-0.4, -0.2) is 48.9 Å². The molecule has 166 valence electrons. The second-order valence-corrected chi connectivity index (χ2v) is 7.90. The van der Waals surface area contributed by atoms with E-state index in [1.807, 2.05) is 54.6 Å². The largest absolute Gasteiger partial charge is 0.467 e. The van der Waals surface area contributed by atoms with Gasteiger partial charge in [-0.25, -0.2) is 9.59 Å². The monoisotopic (exact) mass is 540 g/mol. The lowest BCUT2D eigenvalue weighted by Crippen LogP contribution is -2.45. The van der Waals surface area contributed by atoms with Crippen molar-refractivity contribution in [1.82, 2.24) is 10.6 Å². The van der Waals surface area contributed by atoms with Crippen LogP contribution in [0.15, 0.2) is 54.6 Å². The number of methoxy groups -OCH3 is 1. The molecule has 0 unspecified atom stereocenters. The molecule has 0 bridgehead atoms. The van der Waals surface area contributed by atoms with Gasteiger partial charge in [0.1, 0.15) is 12.6 Å². The van der Waals surface area contributed by atoms with E-state index in [9.17, 15) is 19.5 Å². The number of esters is 1. The topological polar surface area (TPSA) is 114 Å². The second kappa shape index (κ2) is 12.9. The Kier molecular flexibility index (Phi) is 10.2. The van der Waals surface area contributed by atoms with Gasteiger partial charge >= 0.3 is 12.1 Å². The van der Waals surface area contributed by atoms with Crippen molar-refractivity contribution in [2.24, 2.45) is 0 Å². The Balaban J connectivity index is 1.78. The molecule has 0 spiro atoms. The van der Waals surface area contributed by atoms with Crippen LogP contribution in [-0.2, 0) is 32.1 Å². The Morgan fingerprint density at radius 2 is 1.74 bits per heavy atom. The van der Waals surface area contributed by atoms with Crippen LogP contribution in [0.2, 0.25) is 0 Å². The Morgan fingerprint density at radius 1 is 1.06 bits per heavy atom. The zero-order chi connectivity index (χ0) is 22.6. The number of hydrogen-bond donors (Lipinski definition) is 3. The van der Waals surface area contributed by atoms with E-state index in [1.165, 1.54) is 7.11 Å². The SMILES string of the molecule is COC(=O)[C@H](Cc1ccccc1I)NC(=O)C[C@H](O)CNC(=O)OCc1ccccc1. The number of rotatable bonds is 10. The molecule has 0 aliphatic rings. The van der Waals surface area contributed by atoms with Crippen molar-refractivity contribution in [3.8, 4) is 0 Å². The van der Waals surface area contributed by atoms with E-state index in [1.54, 1.807) is 0 Å². The third-order valence-electron chi connectivity index (χ3n) is 4.32. The fraction of sp³-hybridized carbons (Fsp3) is 0.318. The van der Waals surface area contributed by atoms with Crippen molar-refractivity contribution in [3.05, 3.63) is 69.3 Å². The van der Waals surface area contributed by atoms with Crippen LogP contribution in [0.4, 0.5) is 4.79 Å². The molecule has 9 heteroatoms. The summed E-state index contributed by atoms with van der Waals surface area (Å²) in [6.45, 7) is -0.0666. The minimum absolute atomic E-state index is 0.0996. The van der Waals surface area contributed by atoms with Crippen molar-refractivity contribution >= 4 is 40.6 Å². The van der Waals surface area contributed by atoms with Crippen LogP contribution in [0.5, 0.6) is 0 Å². The average Bonchev–Trinajstić information content (AvgIpc) is 2.77. The molecule has 0 fully saturated rings. The zero-order valence-corrected chi connectivity index (χ0v) is 19.2. The lowest BCUT2D eigenvalue weighted by molar-refractivity contribution is -0.145. The molecule has 0 heterocycles. The fourth-order valence-electron chi connectivity index (χ4n) is 2.73. The van der Waals surface area contributed by atoms with Crippen molar-refractivity contribution in [3.63, 3.8) is 0 Å². The summed E-state index contributed by atoms with van der Waals surface area (Å²) in [6, 6.07) is 15.8. The smallest absolute Gasteiger partial charge is 0.407 e. The van der Waals surface area contributed by atoms with Gasteiger partial charge in [-0.1, -0.05) is 48.5 Å². The number of carbonyl (C=O) groups is 3. The van der Waals surface area contributed by atoms with E-state index < -0.39 is 30.1 Å². The maximum Gasteiger partial charge on any atom is 0.407 e. The quantitative estimate of drug-likeness (QED) is 0.315. The zero-order valence-electron chi connectivity index (χ0n) is 17.0. The molecule has 2 atom stereocenters. The number of ether oxygens (including phenoxy) is 2. The summed E-state index contributed by atoms with van der Waals surface area (Å²) in [5, 5.41) is 15.0. The van der Waals surface area contributed by atoms with Gasteiger partial charge in [-0.05, 0) is 39.8 Å². The molecule has 0 radical (unpaired) electrons. The summed E-state index contributed by atoms with van der Waals surface area (Å²) in [6.07, 6.45) is -1.87. The van der Waals surface area contributed by atoms with Crippen molar-refractivity contribution in [1.29, 1.82) is 0 Å². The summed E-state index contributed by atoms with van der Waals surface area (Å²) < 4.78 is 10.8. The summed E-state index contributed by atoms with van der Waals surface area (Å²) in [4.78, 5) is 36.1. The van der Waals surface area contributed by atoms with Gasteiger partial charge in [0.2, 0.25) is 5.91 Å². The molecule has 0 saturated carbocycles. The number of nitrogens with one attached hydrogen (secondary N) is 2. The van der Waals surface area contributed by atoms with Crippen LogP contribution in [0.1, 0.15) is 17.5 Å². The van der Waals surface area contributed by atoms with E-state index in [-0.39, 0.29) is 26.0 Å². The van der Waals surface area contributed by atoms with Crippen LogP contribution in [0.25, 0.3) is 0 Å². The van der Waals surface area contributed by atoms with Crippen LogP contribution in [0.3, 0.4) is 0 Å². The molecule has 0 aliphatic heterocycles. The Labute approximate surface area is 194 Å². The molecule has 0 aliphatic carbocycles. The molecule has 2 rings (SSSR count). The van der Waals surface area contributed by atoms with Crippen molar-refractivity contribution in [2.45, 2.75) is 31.6 Å². The summed E-state index contributed by atoms with van der Waals surface area (Å²) in [7, 11) is 1.25. The molecule has 0 saturated heterocycles. The number of carbonyl (C=O) groups excluding carboxylic acids is 3. The minimum atomic E-state index is -1.14. The highest BCUT2D eigenvalue weighted by molar-refractivity contribution is 14.1. The first-order valence-corrected chi connectivity index (χ1v) is 10.7. The number of halogens is 1. The van der Waals surface area contributed by atoms with E-state index >= 15 is 0 Å². The normalized spacial score (nSPS) is 12.4. The van der Waals surface area contributed by atoms with Gasteiger partial charge in [0.25, 0.3) is 0 Å². The highest BCUT2D eigenvalue weighted by atomic mass is 127. The molecular formula is C22H25IN2O6. The van der Waals surface area contributed by atoms with Crippen LogP contribution >= 0.6 is 22.6 Å². The van der Waals surface area contributed by atoms with Crippen LogP contribution < -0.4 is 10.6 Å². The third-order valence-corrected chi connectivity index (χ3v) is 5.37. The maximum atomic E-state index is 12.3. The highest BCUT2D eigenvalue weighted by Gasteiger charge is 2.24. The number of aliphatic hydroxyl groups excluding tert-OH is 1. The second-order valence-electron chi connectivity index (χ2n) is 6.74. The van der Waals surface area contributed by atoms with Gasteiger partial charge < -0.3 is 25.2 Å². The predicted octanol–water partition coefficient (Wildman–Crippen LogP) is 2.17. The molecule has 0 aromatic heterocycles. The summed E-state index contributed by atoms with van der Waals surface area (Å²) >= 11 is 2.15. The standard InChI is InChI=1S/C22H25IN2O6/c1-30-21(28)19(11-16-9-5-6-10-18(16)23)25-20(27)12-17(26)13-24-22(29)31-14-15-7-3-2-4-8-15/h2-10,17,19,26H,11-14H2,1H3,(H,24,29)(H,25,27)/t17-,19-/m0/s1. The van der Waals surface area contributed by atoms with E-state index in [2.05, 4.69) is 33.2 Å². The Bertz CT molecular complexity index is 877. The number of benzene rings is 2. The van der Waals surface area contributed by atoms with Gasteiger partial charge in [-0.15, -0.1) is 0 Å². The van der Waals surface area contributed by atoms with Crippen LogP contribution in [0, 0.1) is 3.57 Å². The average molecular weight is 540 g/mol. The highest BCUT2D eigenvalue weighted by Crippen LogP contribution is 2.14. The number of amides is 2. The molecule has 2 aromatic carbocycles. The van der Waals surface area contributed by atoms with E-state index in [0.29, 0.717) is 0 Å². The fourth-order valence-corrected chi connectivity index (χ4v) is 3.34. The molecule has 3 N–H and O–H groups in total. The first kappa shape index (κ1) is 24.6. The van der Waals surface area contributed by atoms with Gasteiger partial charge in [0, 0.05) is 16.5 Å². The minimum Gasteiger partial charge on any atom is -0.467 e. The molecule has 2 amide bonds. The lowest BCUT2D eigenvalue weighted by Gasteiger charge is -2.18. The van der Waals surface area contributed by atoms with Gasteiger partial charge in [-0.2, -0.15) is 0 Å². The first-order valence-electron chi connectivity index (χ1n) is 9.62. The lowest BCUT2D eigenvalue weighted by atomic mass is 10.1. The van der Waals surface area contributed by atoms with Gasteiger partial charge in [-0.3, -0.25) is 4.79 Å². The Hall–Kier alpha value is -2.66. The summed E-state index contributed by atoms with van der Waals surface area (Å²) in [5.41, 5.74) is 1.72.